The number of nitrogens with zero attached hydrogens (tertiary/aromatic N) is 1. The molecule has 0 saturated carbocycles. The number of aldehydes is 1. The maximum atomic E-state index is 13.0. The standard InChI is InChI=1S/C21H26N2O7/c1-13-14(3-4-18(25)22-5-6-23-7-9-29-10-8-23)19(26)15-11-17(28-2)20(27)16(12-24)21(15)30-13/h11-12,27H,3-10H2,1-2H3,(H,22,25). The van der Waals surface area contributed by atoms with Gasteiger partial charge in [-0.15, -0.1) is 0 Å². The molecule has 0 unspecified atom stereocenters. The zero-order valence-corrected chi connectivity index (χ0v) is 17.2. The number of phenolic OH excluding ortho intramolecular Hbond substituents is 1. The van der Waals surface area contributed by atoms with Crippen molar-refractivity contribution in [2.24, 2.45) is 0 Å². The maximum Gasteiger partial charge on any atom is 0.220 e. The Balaban J connectivity index is 1.71. The number of fused-ring (bicyclic) bond motifs is 1. The molecule has 9 heteroatoms. The number of hydrogen-bond donors (Lipinski definition) is 2. The van der Waals surface area contributed by atoms with E-state index < -0.39 is 0 Å². The third-order valence-corrected chi connectivity index (χ3v) is 5.25. The number of nitrogens with one attached hydrogen (secondary N) is 1. The number of carbonyl (C=O) groups is 2. The second-order valence-electron chi connectivity index (χ2n) is 7.11. The summed E-state index contributed by atoms with van der Waals surface area (Å²) in [6, 6.07) is 1.34. The predicted molar refractivity (Wildman–Crippen MR) is 109 cm³/mol. The van der Waals surface area contributed by atoms with Crippen LogP contribution in [0.5, 0.6) is 11.5 Å². The van der Waals surface area contributed by atoms with Gasteiger partial charge in [0, 0.05) is 38.2 Å². The van der Waals surface area contributed by atoms with Gasteiger partial charge in [0.25, 0.3) is 0 Å². The van der Waals surface area contributed by atoms with Gasteiger partial charge in [-0.1, -0.05) is 0 Å². The van der Waals surface area contributed by atoms with Gasteiger partial charge in [0.05, 0.1) is 25.7 Å². The Labute approximate surface area is 173 Å². The minimum atomic E-state index is -0.380. The van der Waals surface area contributed by atoms with Crippen LogP contribution in [0, 0.1) is 6.92 Å². The highest BCUT2D eigenvalue weighted by atomic mass is 16.5. The number of benzene rings is 1. The van der Waals surface area contributed by atoms with Crippen molar-refractivity contribution in [1.82, 2.24) is 10.2 Å². The summed E-state index contributed by atoms with van der Waals surface area (Å²) in [6.45, 7) is 6.01. The molecular formula is C21H26N2O7. The smallest absolute Gasteiger partial charge is 0.220 e. The van der Waals surface area contributed by atoms with Crippen molar-refractivity contribution in [1.29, 1.82) is 0 Å². The molecule has 0 bridgehead atoms. The van der Waals surface area contributed by atoms with E-state index in [1.165, 1.54) is 13.2 Å². The molecule has 9 nitrogen and oxygen atoms in total. The highest BCUT2D eigenvalue weighted by molar-refractivity contribution is 5.99. The summed E-state index contributed by atoms with van der Waals surface area (Å²) in [5, 5.41) is 13.1. The van der Waals surface area contributed by atoms with Crippen LogP contribution < -0.4 is 15.5 Å². The summed E-state index contributed by atoms with van der Waals surface area (Å²) >= 11 is 0. The van der Waals surface area contributed by atoms with E-state index in [9.17, 15) is 19.5 Å². The second-order valence-corrected chi connectivity index (χ2v) is 7.11. The van der Waals surface area contributed by atoms with Crippen molar-refractivity contribution < 1.29 is 28.6 Å². The van der Waals surface area contributed by atoms with Crippen LogP contribution in [0.15, 0.2) is 15.3 Å². The van der Waals surface area contributed by atoms with Crippen LogP contribution in [0.3, 0.4) is 0 Å². The van der Waals surface area contributed by atoms with Crippen LogP contribution in [0.2, 0.25) is 0 Å². The van der Waals surface area contributed by atoms with Gasteiger partial charge in [-0.3, -0.25) is 19.3 Å². The number of phenols is 1. The Morgan fingerprint density at radius 1 is 1.37 bits per heavy atom. The molecule has 1 aliphatic rings. The number of amides is 1. The summed E-state index contributed by atoms with van der Waals surface area (Å²) in [5.74, 6) is -0.220. The highest BCUT2D eigenvalue weighted by Gasteiger charge is 2.20. The fourth-order valence-electron chi connectivity index (χ4n) is 3.53. The minimum absolute atomic E-state index is 0.00418. The molecule has 30 heavy (non-hydrogen) atoms. The highest BCUT2D eigenvalue weighted by Crippen LogP contribution is 2.35. The van der Waals surface area contributed by atoms with Gasteiger partial charge >= 0.3 is 0 Å². The number of methoxy groups -OCH3 is 1. The lowest BCUT2D eigenvalue weighted by molar-refractivity contribution is -0.121. The van der Waals surface area contributed by atoms with Crippen molar-refractivity contribution in [3.8, 4) is 11.5 Å². The van der Waals surface area contributed by atoms with Crippen LogP contribution >= 0.6 is 0 Å². The monoisotopic (exact) mass is 418 g/mol. The van der Waals surface area contributed by atoms with Gasteiger partial charge in [-0.25, -0.2) is 0 Å². The summed E-state index contributed by atoms with van der Waals surface area (Å²) in [4.78, 5) is 38.8. The van der Waals surface area contributed by atoms with Crippen molar-refractivity contribution in [3.63, 3.8) is 0 Å². The molecule has 1 aromatic heterocycles. The lowest BCUT2D eigenvalue weighted by atomic mass is 10.0. The maximum absolute atomic E-state index is 13.0. The molecule has 1 aromatic carbocycles. The van der Waals surface area contributed by atoms with Crippen molar-refractivity contribution in [2.45, 2.75) is 19.8 Å². The molecule has 1 amide bonds. The molecule has 2 aromatic rings. The first-order valence-electron chi connectivity index (χ1n) is 9.84. The van der Waals surface area contributed by atoms with E-state index in [1.807, 2.05) is 0 Å². The van der Waals surface area contributed by atoms with E-state index in [-0.39, 0.29) is 52.2 Å². The molecule has 2 heterocycles. The van der Waals surface area contributed by atoms with Crippen LogP contribution in [0.4, 0.5) is 0 Å². The summed E-state index contributed by atoms with van der Waals surface area (Å²) < 4.78 is 16.0. The van der Waals surface area contributed by atoms with E-state index in [0.717, 1.165) is 19.6 Å². The van der Waals surface area contributed by atoms with Crippen molar-refractivity contribution in [2.75, 3.05) is 46.5 Å². The molecule has 0 spiro atoms. The minimum Gasteiger partial charge on any atom is -0.504 e. The predicted octanol–water partition coefficient (Wildman–Crippen LogP) is 1.01. The largest absolute Gasteiger partial charge is 0.504 e. The molecule has 0 radical (unpaired) electrons. The first-order valence-corrected chi connectivity index (χ1v) is 9.84. The SMILES string of the molecule is COc1cc2c(=O)c(CCC(=O)NCCN3CCOCC3)c(C)oc2c(C=O)c1O. The average molecular weight is 418 g/mol. The third kappa shape index (κ3) is 4.63. The number of aryl methyl sites for hydroxylation is 1. The fraction of sp³-hybridized carbons (Fsp3) is 0.476. The van der Waals surface area contributed by atoms with Gasteiger partial charge in [-0.2, -0.15) is 0 Å². The average Bonchev–Trinajstić information content (AvgIpc) is 2.74. The quantitative estimate of drug-likeness (QED) is 0.610. The fourth-order valence-corrected chi connectivity index (χ4v) is 3.53. The van der Waals surface area contributed by atoms with Crippen LogP contribution in [0.25, 0.3) is 11.0 Å². The molecule has 1 saturated heterocycles. The van der Waals surface area contributed by atoms with Gasteiger partial charge in [0.2, 0.25) is 5.91 Å². The van der Waals surface area contributed by atoms with E-state index in [0.29, 0.717) is 37.4 Å². The Kier molecular flexibility index (Phi) is 7.07. The number of ether oxygens (including phenoxy) is 2. The van der Waals surface area contributed by atoms with Gasteiger partial charge in [-0.05, 0) is 19.4 Å². The van der Waals surface area contributed by atoms with Gasteiger partial charge < -0.3 is 24.3 Å². The number of carbonyl (C=O) groups excluding carboxylic acids is 2. The van der Waals surface area contributed by atoms with Gasteiger partial charge in [0.1, 0.15) is 11.3 Å². The number of hydrogen-bond acceptors (Lipinski definition) is 8. The Hall–Kier alpha value is -2.91. The van der Waals surface area contributed by atoms with E-state index in [1.54, 1.807) is 6.92 Å². The molecule has 162 valence electrons. The van der Waals surface area contributed by atoms with E-state index >= 15 is 0 Å². The zero-order valence-electron chi connectivity index (χ0n) is 17.2. The first kappa shape index (κ1) is 21.8. The van der Waals surface area contributed by atoms with Crippen molar-refractivity contribution >= 4 is 23.2 Å². The molecule has 1 fully saturated rings. The van der Waals surface area contributed by atoms with Crippen LogP contribution in [-0.4, -0.2) is 68.7 Å². The Morgan fingerprint density at radius 3 is 2.77 bits per heavy atom. The number of morpholine rings is 1. The molecule has 0 atom stereocenters. The molecular weight excluding hydrogens is 392 g/mol. The molecule has 0 aliphatic carbocycles. The molecule has 1 aliphatic heterocycles. The number of rotatable bonds is 8. The van der Waals surface area contributed by atoms with Crippen molar-refractivity contribution in [3.05, 3.63) is 33.2 Å². The Morgan fingerprint density at radius 2 is 2.10 bits per heavy atom. The summed E-state index contributed by atoms with van der Waals surface area (Å²) in [5.41, 5.74) is -0.131. The van der Waals surface area contributed by atoms with Gasteiger partial charge in [0.15, 0.2) is 28.8 Å². The zero-order chi connectivity index (χ0) is 21.7. The Bertz CT molecular complexity index is 993. The second kappa shape index (κ2) is 9.73. The first-order chi connectivity index (χ1) is 14.5. The third-order valence-electron chi connectivity index (χ3n) is 5.25. The lowest BCUT2D eigenvalue weighted by Crippen LogP contribution is -2.41. The normalized spacial score (nSPS) is 14.6. The topological polar surface area (TPSA) is 118 Å². The molecule has 2 N–H and O–H groups in total. The molecule has 3 rings (SSSR count). The summed E-state index contributed by atoms with van der Waals surface area (Å²) in [7, 11) is 1.33. The van der Waals surface area contributed by atoms with Crippen LogP contribution in [0.1, 0.15) is 28.1 Å². The summed E-state index contributed by atoms with van der Waals surface area (Å²) in [6.07, 6.45) is 0.757. The van der Waals surface area contributed by atoms with Crippen LogP contribution in [-0.2, 0) is 16.0 Å². The van der Waals surface area contributed by atoms with E-state index in [2.05, 4.69) is 10.2 Å². The lowest BCUT2D eigenvalue weighted by Gasteiger charge is -2.26. The van der Waals surface area contributed by atoms with E-state index in [4.69, 9.17) is 13.9 Å². The number of aromatic hydroxyl groups is 1.